The van der Waals surface area contributed by atoms with Gasteiger partial charge in [0.15, 0.2) is 0 Å². The second kappa shape index (κ2) is 7.77. The number of rotatable bonds is 7. The molecule has 124 valence electrons. The van der Waals surface area contributed by atoms with Crippen molar-refractivity contribution in [3.63, 3.8) is 0 Å². The van der Waals surface area contributed by atoms with Crippen molar-refractivity contribution in [2.45, 2.75) is 33.1 Å². The number of hydrogen-bond donors (Lipinski definition) is 3. The van der Waals surface area contributed by atoms with E-state index >= 15 is 0 Å². The minimum absolute atomic E-state index is 0.0548. The molecule has 1 aliphatic rings. The number of nitrogens with zero attached hydrogens (tertiary/aromatic N) is 1. The Hall–Kier alpha value is -2.12. The fraction of sp³-hybridized carbons (Fsp3) is 0.714. The van der Waals surface area contributed by atoms with Gasteiger partial charge in [-0.25, -0.2) is 0 Å². The first-order chi connectivity index (χ1) is 10.2. The molecule has 0 radical (unpaired) electrons. The van der Waals surface area contributed by atoms with E-state index in [9.17, 15) is 19.2 Å². The van der Waals surface area contributed by atoms with E-state index in [1.54, 1.807) is 6.92 Å². The molecule has 22 heavy (non-hydrogen) atoms. The highest BCUT2D eigenvalue weighted by Gasteiger charge is 2.41. The molecule has 0 aliphatic carbocycles. The maximum atomic E-state index is 12.0. The number of carbonyl (C=O) groups excluding carboxylic acids is 3. The van der Waals surface area contributed by atoms with Crippen molar-refractivity contribution in [3.05, 3.63) is 0 Å². The monoisotopic (exact) mass is 313 g/mol. The molecule has 8 nitrogen and oxygen atoms in total. The van der Waals surface area contributed by atoms with Gasteiger partial charge in [-0.15, -0.1) is 0 Å². The number of aliphatic carboxylic acids is 1. The molecule has 3 amide bonds. The molecule has 1 fully saturated rings. The molecule has 0 saturated carbocycles. The summed E-state index contributed by atoms with van der Waals surface area (Å²) >= 11 is 0. The van der Waals surface area contributed by atoms with E-state index < -0.39 is 11.4 Å². The van der Waals surface area contributed by atoms with E-state index in [1.165, 1.54) is 11.8 Å². The quantitative estimate of drug-likeness (QED) is 0.540. The van der Waals surface area contributed by atoms with Gasteiger partial charge in [-0.3, -0.25) is 19.2 Å². The predicted octanol–water partition coefficient (Wildman–Crippen LogP) is -0.658. The molecule has 0 aromatic carbocycles. The molecule has 1 rings (SSSR count). The van der Waals surface area contributed by atoms with Gasteiger partial charge in [0.2, 0.25) is 17.7 Å². The third kappa shape index (κ3) is 5.34. The number of carboxylic acid groups (broad SMARTS) is 1. The summed E-state index contributed by atoms with van der Waals surface area (Å²) in [5.41, 5.74) is -0.893. The zero-order valence-electron chi connectivity index (χ0n) is 13.0. The molecule has 0 bridgehead atoms. The SMILES string of the molecule is CC(=O)NCCNC(=O)CCC(=O)N1CCC(C)(C(=O)O)C1. The number of nitrogens with one attached hydrogen (secondary N) is 2. The smallest absolute Gasteiger partial charge is 0.311 e. The fourth-order valence-electron chi connectivity index (χ4n) is 2.26. The van der Waals surface area contributed by atoms with Crippen LogP contribution in [0.4, 0.5) is 0 Å². The summed E-state index contributed by atoms with van der Waals surface area (Å²) in [6.07, 6.45) is 0.540. The van der Waals surface area contributed by atoms with Crippen molar-refractivity contribution < 1.29 is 24.3 Å². The number of carboxylic acids is 1. The Morgan fingerprint density at radius 1 is 1.14 bits per heavy atom. The molecule has 0 spiro atoms. The molecule has 1 aliphatic heterocycles. The third-order valence-corrected chi connectivity index (χ3v) is 3.73. The second-order valence-electron chi connectivity index (χ2n) is 5.76. The Balaban J connectivity index is 2.25. The van der Waals surface area contributed by atoms with Gasteiger partial charge in [0.1, 0.15) is 0 Å². The normalized spacial score (nSPS) is 20.5. The van der Waals surface area contributed by atoms with Crippen LogP contribution in [0.2, 0.25) is 0 Å². The summed E-state index contributed by atoms with van der Waals surface area (Å²) in [5, 5.41) is 14.3. The Morgan fingerprint density at radius 2 is 1.77 bits per heavy atom. The van der Waals surface area contributed by atoms with Crippen LogP contribution in [0, 0.1) is 5.41 Å². The molecule has 0 aromatic rings. The Kier molecular flexibility index (Phi) is 6.33. The van der Waals surface area contributed by atoms with Crippen molar-refractivity contribution >= 4 is 23.7 Å². The number of amides is 3. The van der Waals surface area contributed by atoms with E-state index in [0.29, 0.717) is 26.1 Å². The van der Waals surface area contributed by atoms with Crippen LogP contribution >= 0.6 is 0 Å². The van der Waals surface area contributed by atoms with Crippen LogP contribution in [0.5, 0.6) is 0 Å². The minimum Gasteiger partial charge on any atom is -0.481 e. The van der Waals surface area contributed by atoms with E-state index in [4.69, 9.17) is 5.11 Å². The summed E-state index contributed by atoms with van der Waals surface area (Å²) in [6.45, 7) is 4.27. The van der Waals surface area contributed by atoms with Gasteiger partial charge in [-0.2, -0.15) is 0 Å². The van der Waals surface area contributed by atoms with E-state index in [-0.39, 0.29) is 37.1 Å². The highest BCUT2D eigenvalue weighted by atomic mass is 16.4. The summed E-state index contributed by atoms with van der Waals surface area (Å²) in [7, 11) is 0. The molecule has 1 saturated heterocycles. The van der Waals surface area contributed by atoms with Crippen LogP contribution < -0.4 is 10.6 Å². The maximum absolute atomic E-state index is 12.0. The van der Waals surface area contributed by atoms with Crippen molar-refractivity contribution in [1.82, 2.24) is 15.5 Å². The lowest BCUT2D eigenvalue weighted by molar-refractivity contribution is -0.147. The zero-order valence-corrected chi connectivity index (χ0v) is 13.0. The third-order valence-electron chi connectivity index (χ3n) is 3.73. The average molecular weight is 313 g/mol. The zero-order chi connectivity index (χ0) is 16.8. The van der Waals surface area contributed by atoms with Gasteiger partial charge in [0, 0.05) is 45.9 Å². The van der Waals surface area contributed by atoms with Crippen LogP contribution in [0.3, 0.4) is 0 Å². The lowest BCUT2D eigenvalue weighted by atomic mass is 9.90. The highest BCUT2D eigenvalue weighted by molar-refractivity contribution is 5.85. The maximum Gasteiger partial charge on any atom is 0.311 e. The Morgan fingerprint density at radius 3 is 2.32 bits per heavy atom. The predicted molar refractivity (Wildman–Crippen MR) is 77.9 cm³/mol. The topological polar surface area (TPSA) is 116 Å². The van der Waals surface area contributed by atoms with E-state index in [2.05, 4.69) is 10.6 Å². The summed E-state index contributed by atoms with van der Waals surface area (Å²) < 4.78 is 0. The highest BCUT2D eigenvalue weighted by Crippen LogP contribution is 2.30. The summed E-state index contributed by atoms with van der Waals surface area (Å²) in [4.78, 5) is 46.8. The molecular weight excluding hydrogens is 290 g/mol. The van der Waals surface area contributed by atoms with Crippen molar-refractivity contribution in [2.24, 2.45) is 5.41 Å². The van der Waals surface area contributed by atoms with Crippen LogP contribution in [-0.4, -0.2) is 59.9 Å². The van der Waals surface area contributed by atoms with Crippen molar-refractivity contribution in [2.75, 3.05) is 26.2 Å². The Labute approximate surface area is 129 Å². The largest absolute Gasteiger partial charge is 0.481 e. The van der Waals surface area contributed by atoms with Gasteiger partial charge in [0.25, 0.3) is 0 Å². The lowest BCUT2D eigenvalue weighted by Gasteiger charge is -2.20. The molecule has 3 N–H and O–H groups in total. The standard InChI is InChI=1S/C14H23N3O5/c1-10(18)15-6-7-16-11(19)3-4-12(20)17-8-5-14(2,9-17)13(21)22/h3-9H2,1-2H3,(H,15,18)(H,16,19)(H,21,22). The van der Waals surface area contributed by atoms with Crippen LogP contribution in [0.25, 0.3) is 0 Å². The van der Waals surface area contributed by atoms with Crippen molar-refractivity contribution in [1.29, 1.82) is 0 Å². The van der Waals surface area contributed by atoms with Gasteiger partial charge >= 0.3 is 5.97 Å². The van der Waals surface area contributed by atoms with Gasteiger partial charge < -0.3 is 20.6 Å². The molecular formula is C14H23N3O5. The van der Waals surface area contributed by atoms with E-state index in [1.807, 2.05) is 0 Å². The second-order valence-corrected chi connectivity index (χ2v) is 5.76. The molecule has 0 aromatic heterocycles. The van der Waals surface area contributed by atoms with Crippen LogP contribution in [0.1, 0.15) is 33.1 Å². The number of likely N-dealkylation sites (tertiary alicyclic amines) is 1. The van der Waals surface area contributed by atoms with Crippen LogP contribution in [-0.2, 0) is 19.2 Å². The first kappa shape index (κ1) is 17.9. The van der Waals surface area contributed by atoms with Crippen molar-refractivity contribution in [3.8, 4) is 0 Å². The average Bonchev–Trinajstić information content (AvgIpc) is 2.85. The summed E-state index contributed by atoms with van der Waals surface area (Å²) in [5.74, 6) is -1.54. The molecule has 1 unspecified atom stereocenters. The molecule has 8 heteroatoms. The van der Waals surface area contributed by atoms with Gasteiger partial charge in [0.05, 0.1) is 5.41 Å². The molecule has 1 atom stereocenters. The van der Waals surface area contributed by atoms with E-state index in [0.717, 1.165) is 0 Å². The van der Waals surface area contributed by atoms with Gasteiger partial charge in [-0.05, 0) is 13.3 Å². The first-order valence-corrected chi connectivity index (χ1v) is 7.27. The number of carbonyl (C=O) groups is 4. The fourth-order valence-corrected chi connectivity index (χ4v) is 2.26. The van der Waals surface area contributed by atoms with Gasteiger partial charge in [-0.1, -0.05) is 0 Å². The number of hydrogen-bond acceptors (Lipinski definition) is 4. The van der Waals surface area contributed by atoms with Crippen LogP contribution in [0.15, 0.2) is 0 Å². The Bertz CT molecular complexity index is 465. The molecule has 1 heterocycles. The lowest BCUT2D eigenvalue weighted by Crippen LogP contribution is -2.36. The first-order valence-electron chi connectivity index (χ1n) is 7.27. The summed E-state index contributed by atoms with van der Waals surface area (Å²) in [6, 6.07) is 0. The minimum atomic E-state index is -0.904.